The van der Waals surface area contributed by atoms with Crippen molar-refractivity contribution in [3.05, 3.63) is 35.9 Å². The number of amides is 2. The Kier molecular flexibility index (Phi) is 6.20. The molecule has 0 bridgehead atoms. The number of carbonyl (C=O) groups excluding carboxylic acids is 2. The highest BCUT2D eigenvalue weighted by Crippen LogP contribution is 2.24. The summed E-state index contributed by atoms with van der Waals surface area (Å²) in [5, 5.41) is 0. The molecule has 1 aliphatic rings. The maximum Gasteiger partial charge on any atom is 0.247 e. The Morgan fingerprint density at radius 1 is 1.30 bits per heavy atom. The van der Waals surface area contributed by atoms with Crippen molar-refractivity contribution in [2.45, 2.75) is 38.6 Å². The molecule has 0 heterocycles. The van der Waals surface area contributed by atoms with Gasteiger partial charge in [-0.3, -0.25) is 9.59 Å². The number of nitrogens with zero attached hydrogens (tertiary/aromatic N) is 1. The van der Waals surface area contributed by atoms with E-state index in [1.54, 1.807) is 11.0 Å². The summed E-state index contributed by atoms with van der Waals surface area (Å²) in [6.07, 6.45) is 7.27. The van der Waals surface area contributed by atoms with E-state index in [9.17, 15) is 9.59 Å². The molecule has 0 unspecified atom stereocenters. The van der Waals surface area contributed by atoms with E-state index >= 15 is 0 Å². The van der Waals surface area contributed by atoms with E-state index in [-0.39, 0.29) is 18.5 Å². The third-order valence-electron chi connectivity index (χ3n) is 4.00. The minimum absolute atomic E-state index is 0.0268. The number of rotatable bonds is 7. The fourth-order valence-electron chi connectivity index (χ4n) is 2.93. The molecule has 0 aromatic heterocycles. The van der Waals surface area contributed by atoms with E-state index in [0.717, 1.165) is 37.0 Å². The molecule has 1 fully saturated rings. The van der Waals surface area contributed by atoms with Gasteiger partial charge in [-0.05, 0) is 31.9 Å². The monoisotopic (exact) mass is 316 g/mol. The molecule has 5 nitrogen and oxygen atoms in total. The zero-order valence-electron chi connectivity index (χ0n) is 13.5. The van der Waals surface area contributed by atoms with E-state index in [1.807, 2.05) is 31.2 Å². The first kappa shape index (κ1) is 17.1. The van der Waals surface area contributed by atoms with Gasteiger partial charge in [0.2, 0.25) is 11.8 Å². The third kappa shape index (κ3) is 4.84. The summed E-state index contributed by atoms with van der Waals surface area (Å²) in [6.45, 7) is 2.45. The van der Waals surface area contributed by atoms with Crippen LogP contribution in [0, 0.1) is 0 Å². The lowest BCUT2D eigenvalue weighted by Gasteiger charge is -2.26. The summed E-state index contributed by atoms with van der Waals surface area (Å²) in [4.78, 5) is 25.4. The molecule has 0 atom stereocenters. The van der Waals surface area contributed by atoms with Gasteiger partial charge in [0, 0.05) is 17.7 Å². The molecule has 1 aliphatic carbocycles. The van der Waals surface area contributed by atoms with E-state index in [4.69, 9.17) is 10.5 Å². The Bertz CT molecular complexity index is 577. The van der Waals surface area contributed by atoms with Crippen LogP contribution in [0.2, 0.25) is 0 Å². The molecular formula is C18H24N2O3. The quantitative estimate of drug-likeness (QED) is 0.785. The minimum Gasteiger partial charge on any atom is -0.493 e. The molecule has 124 valence electrons. The Hall–Kier alpha value is -2.30. The smallest absolute Gasteiger partial charge is 0.247 e. The Labute approximate surface area is 137 Å². The van der Waals surface area contributed by atoms with Gasteiger partial charge in [-0.15, -0.1) is 0 Å². The van der Waals surface area contributed by atoms with Gasteiger partial charge in [0.25, 0.3) is 0 Å². The largest absolute Gasteiger partial charge is 0.493 e. The van der Waals surface area contributed by atoms with Crippen LogP contribution < -0.4 is 10.5 Å². The SMILES string of the molecule is CCOc1ccccc1/C=C\C(=O)N(CC(N)=O)C1CCCC1. The first-order valence-electron chi connectivity index (χ1n) is 8.10. The number of carbonyl (C=O) groups is 2. The fourth-order valence-corrected chi connectivity index (χ4v) is 2.93. The minimum atomic E-state index is -0.478. The highest BCUT2D eigenvalue weighted by Gasteiger charge is 2.26. The van der Waals surface area contributed by atoms with Crippen LogP contribution in [0.15, 0.2) is 30.3 Å². The van der Waals surface area contributed by atoms with Gasteiger partial charge in [-0.2, -0.15) is 0 Å². The molecule has 1 saturated carbocycles. The number of ether oxygens (including phenoxy) is 1. The number of para-hydroxylation sites is 1. The zero-order chi connectivity index (χ0) is 16.7. The standard InChI is InChI=1S/C18H24N2O3/c1-2-23-16-10-6-3-7-14(16)11-12-18(22)20(13-17(19)21)15-8-4-5-9-15/h3,6-7,10-12,15H,2,4-5,8-9,13H2,1H3,(H2,19,21)/b12-11-. The van der Waals surface area contributed by atoms with Crippen molar-refractivity contribution >= 4 is 17.9 Å². The molecule has 0 radical (unpaired) electrons. The Morgan fingerprint density at radius 2 is 2.00 bits per heavy atom. The lowest BCUT2D eigenvalue weighted by molar-refractivity contribution is -0.133. The Balaban J connectivity index is 2.12. The number of nitrogens with two attached hydrogens (primary N) is 1. The van der Waals surface area contributed by atoms with Crippen LogP contribution in [-0.2, 0) is 9.59 Å². The van der Waals surface area contributed by atoms with Crippen LogP contribution in [-0.4, -0.2) is 35.9 Å². The first-order valence-corrected chi connectivity index (χ1v) is 8.10. The second kappa shape index (κ2) is 8.36. The van der Waals surface area contributed by atoms with Crippen LogP contribution in [0.5, 0.6) is 5.75 Å². The number of benzene rings is 1. The van der Waals surface area contributed by atoms with Crippen molar-refractivity contribution in [1.82, 2.24) is 4.90 Å². The predicted octanol–water partition coefficient (Wildman–Crippen LogP) is 2.36. The lowest BCUT2D eigenvalue weighted by Crippen LogP contribution is -2.43. The van der Waals surface area contributed by atoms with Crippen molar-refractivity contribution in [1.29, 1.82) is 0 Å². The van der Waals surface area contributed by atoms with E-state index in [1.165, 1.54) is 6.08 Å². The second-order valence-corrected chi connectivity index (χ2v) is 5.67. The summed E-state index contributed by atoms with van der Waals surface area (Å²) in [6, 6.07) is 7.66. The third-order valence-corrected chi connectivity index (χ3v) is 4.00. The molecule has 0 aliphatic heterocycles. The van der Waals surface area contributed by atoms with Gasteiger partial charge in [0.15, 0.2) is 0 Å². The van der Waals surface area contributed by atoms with Crippen molar-refractivity contribution < 1.29 is 14.3 Å². The van der Waals surface area contributed by atoms with E-state index in [2.05, 4.69) is 0 Å². The van der Waals surface area contributed by atoms with Crippen molar-refractivity contribution in [3.8, 4) is 5.75 Å². The van der Waals surface area contributed by atoms with E-state index in [0.29, 0.717) is 6.61 Å². The van der Waals surface area contributed by atoms with Crippen molar-refractivity contribution in [3.63, 3.8) is 0 Å². The number of primary amides is 1. The molecular weight excluding hydrogens is 292 g/mol. The molecule has 0 saturated heterocycles. The summed E-state index contributed by atoms with van der Waals surface area (Å²) in [5.74, 6) is 0.0803. The summed E-state index contributed by atoms with van der Waals surface area (Å²) in [7, 11) is 0. The molecule has 1 aromatic carbocycles. The topological polar surface area (TPSA) is 72.6 Å². The molecule has 0 spiro atoms. The maximum absolute atomic E-state index is 12.5. The lowest BCUT2D eigenvalue weighted by atomic mass is 10.1. The average molecular weight is 316 g/mol. The first-order chi connectivity index (χ1) is 11.1. The molecule has 1 aromatic rings. The van der Waals surface area contributed by atoms with Gasteiger partial charge in [0.05, 0.1) is 13.2 Å². The summed E-state index contributed by atoms with van der Waals surface area (Å²) in [5.41, 5.74) is 6.13. The zero-order valence-corrected chi connectivity index (χ0v) is 13.5. The van der Waals surface area contributed by atoms with Gasteiger partial charge < -0.3 is 15.4 Å². The summed E-state index contributed by atoms with van der Waals surface area (Å²) < 4.78 is 5.54. The van der Waals surface area contributed by atoms with Crippen LogP contribution in [0.3, 0.4) is 0 Å². The van der Waals surface area contributed by atoms with Gasteiger partial charge in [-0.25, -0.2) is 0 Å². The Morgan fingerprint density at radius 3 is 2.65 bits per heavy atom. The molecule has 2 amide bonds. The molecule has 23 heavy (non-hydrogen) atoms. The molecule has 2 rings (SSSR count). The highest BCUT2D eigenvalue weighted by molar-refractivity contribution is 5.94. The average Bonchev–Trinajstić information content (AvgIpc) is 3.05. The van der Waals surface area contributed by atoms with Gasteiger partial charge in [-0.1, -0.05) is 31.0 Å². The number of hydrogen-bond acceptors (Lipinski definition) is 3. The number of hydrogen-bond donors (Lipinski definition) is 1. The fraction of sp³-hybridized carbons (Fsp3) is 0.444. The van der Waals surface area contributed by atoms with Crippen molar-refractivity contribution in [2.24, 2.45) is 5.73 Å². The maximum atomic E-state index is 12.5. The van der Waals surface area contributed by atoms with Crippen LogP contribution >= 0.6 is 0 Å². The second-order valence-electron chi connectivity index (χ2n) is 5.67. The van der Waals surface area contributed by atoms with Crippen molar-refractivity contribution in [2.75, 3.05) is 13.2 Å². The van der Waals surface area contributed by atoms with Crippen LogP contribution in [0.4, 0.5) is 0 Å². The van der Waals surface area contributed by atoms with E-state index < -0.39 is 5.91 Å². The predicted molar refractivity (Wildman–Crippen MR) is 89.8 cm³/mol. The molecule has 5 heteroatoms. The van der Waals surface area contributed by atoms with Crippen LogP contribution in [0.25, 0.3) is 6.08 Å². The van der Waals surface area contributed by atoms with Gasteiger partial charge in [0.1, 0.15) is 5.75 Å². The van der Waals surface area contributed by atoms with Gasteiger partial charge >= 0.3 is 0 Å². The van der Waals surface area contributed by atoms with Crippen LogP contribution in [0.1, 0.15) is 38.2 Å². The summed E-state index contributed by atoms with van der Waals surface area (Å²) >= 11 is 0. The highest BCUT2D eigenvalue weighted by atomic mass is 16.5. The molecule has 2 N–H and O–H groups in total. The normalized spacial score (nSPS) is 15.0.